The minimum atomic E-state index is -0.813. The lowest BCUT2D eigenvalue weighted by atomic mass is 9.96. The van der Waals surface area contributed by atoms with Gasteiger partial charge in [-0.1, -0.05) is 23.8 Å². The standard InChI is InChI=1S/C27H36N4O4/c1-21-5-7-24(22(2)15-21)35-18-27(32)9-4-11-30(12-10-27)17-23-6-8-25(26(16-23)33-3)34-14-13-31-19-28-29-20-31/h5-8,15-16,19-20,32H,4,9-14,17-18H2,1-3H3/t27-/m0/s1. The van der Waals surface area contributed by atoms with E-state index in [-0.39, 0.29) is 0 Å². The van der Waals surface area contributed by atoms with Crippen molar-refractivity contribution in [3.63, 3.8) is 0 Å². The number of aliphatic hydroxyl groups is 1. The predicted octanol–water partition coefficient (Wildman–Crippen LogP) is 3.78. The molecule has 0 saturated carbocycles. The molecule has 1 atom stereocenters. The van der Waals surface area contributed by atoms with Crippen LogP contribution < -0.4 is 14.2 Å². The Balaban J connectivity index is 1.29. The SMILES string of the molecule is COc1cc(CN2CCC[C@@](O)(COc3ccc(C)cc3C)CC2)ccc1OCCn1cnnc1. The van der Waals surface area contributed by atoms with Crippen LogP contribution in [0, 0.1) is 13.8 Å². The molecule has 3 aromatic rings. The van der Waals surface area contributed by atoms with E-state index in [0.29, 0.717) is 26.2 Å². The van der Waals surface area contributed by atoms with E-state index in [0.717, 1.165) is 60.9 Å². The third-order valence-corrected chi connectivity index (χ3v) is 6.54. The van der Waals surface area contributed by atoms with Crippen molar-refractivity contribution in [3.8, 4) is 17.2 Å². The van der Waals surface area contributed by atoms with Crippen LogP contribution in [-0.2, 0) is 13.1 Å². The molecule has 0 aliphatic carbocycles. The van der Waals surface area contributed by atoms with Gasteiger partial charge in [0.05, 0.1) is 19.3 Å². The van der Waals surface area contributed by atoms with Gasteiger partial charge in [-0.05, 0) is 69.0 Å². The Morgan fingerprint density at radius 1 is 0.943 bits per heavy atom. The highest BCUT2D eigenvalue weighted by molar-refractivity contribution is 5.43. The summed E-state index contributed by atoms with van der Waals surface area (Å²) in [5.41, 5.74) is 2.66. The summed E-state index contributed by atoms with van der Waals surface area (Å²) in [6.07, 6.45) is 5.67. The van der Waals surface area contributed by atoms with Gasteiger partial charge in [-0.25, -0.2) is 0 Å². The molecule has 1 saturated heterocycles. The fourth-order valence-corrected chi connectivity index (χ4v) is 4.50. The number of methoxy groups -OCH3 is 1. The first kappa shape index (κ1) is 25.0. The zero-order valence-corrected chi connectivity index (χ0v) is 20.9. The normalized spacial score (nSPS) is 18.7. The molecule has 2 aromatic carbocycles. The van der Waals surface area contributed by atoms with Crippen LogP contribution in [0.25, 0.3) is 0 Å². The van der Waals surface area contributed by atoms with E-state index in [1.54, 1.807) is 19.8 Å². The summed E-state index contributed by atoms with van der Waals surface area (Å²) < 4.78 is 19.4. The van der Waals surface area contributed by atoms with Crippen molar-refractivity contribution in [2.45, 2.75) is 51.8 Å². The van der Waals surface area contributed by atoms with E-state index in [2.05, 4.69) is 34.2 Å². The van der Waals surface area contributed by atoms with Crippen LogP contribution in [0.4, 0.5) is 0 Å². The van der Waals surface area contributed by atoms with Crippen LogP contribution in [0.3, 0.4) is 0 Å². The van der Waals surface area contributed by atoms with Gasteiger partial charge >= 0.3 is 0 Å². The smallest absolute Gasteiger partial charge is 0.161 e. The summed E-state index contributed by atoms with van der Waals surface area (Å²) in [4.78, 5) is 2.39. The monoisotopic (exact) mass is 480 g/mol. The lowest BCUT2D eigenvalue weighted by Crippen LogP contribution is -2.37. The second kappa shape index (κ2) is 11.6. The summed E-state index contributed by atoms with van der Waals surface area (Å²) >= 11 is 0. The lowest BCUT2D eigenvalue weighted by Gasteiger charge is -2.27. The van der Waals surface area contributed by atoms with E-state index in [9.17, 15) is 5.11 Å². The molecule has 1 aliphatic rings. The lowest BCUT2D eigenvalue weighted by molar-refractivity contribution is -0.0170. The maximum atomic E-state index is 11.2. The van der Waals surface area contributed by atoms with Crippen molar-refractivity contribution in [2.24, 2.45) is 0 Å². The van der Waals surface area contributed by atoms with Crippen LogP contribution in [0.5, 0.6) is 17.2 Å². The van der Waals surface area contributed by atoms with Gasteiger partial charge in [0.2, 0.25) is 0 Å². The maximum absolute atomic E-state index is 11.2. The van der Waals surface area contributed by atoms with Crippen molar-refractivity contribution in [3.05, 3.63) is 65.7 Å². The number of aromatic nitrogens is 3. The first-order valence-corrected chi connectivity index (χ1v) is 12.2. The molecule has 1 fully saturated rings. The Morgan fingerprint density at radius 2 is 1.74 bits per heavy atom. The topological polar surface area (TPSA) is 81.9 Å². The van der Waals surface area contributed by atoms with E-state index >= 15 is 0 Å². The van der Waals surface area contributed by atoms with Gasteiger partial charge in [-0.2, -0.15) is 0 Å². The number of benzene rings is 2. The third-order valence-electron chi connectivity index (χ3n) is 6.54. The Kier molecular flexibility index (Phi) is 8.25. The molecule has 0 spiro atoms. The van der Waals surface area contributed by atoms with E-state index in [4.69, 9.17) is 14.2 Å². The van der Waals surface area contributed by atoms with Crippen LogP contribution in [0.15, 0.2) is 49.1 Å². The number of ether oxygens (including phenoxy) is 3. The zero-order valence-electron chi connectivity index (χ0n) is 20.9. The molecule has 0 unspecified atom stereocenters. The van der Waals surface area contributed by atoms with E-state index in [1.165, 1.54) is 5.56 Å². The molecule has 8 nitrogen and oxygen atoms in total. The van der Waals surface area contributed by atoms with Crippen LogP contribution in [-0.4, -0.2) is 63.8 Å². The summed E-state index contributed by atoms with van der Waals surface area (Å²) in [5, 5.41) is 18.8. The van der Waals surface area contributed by atoms with Gasteiger partial charge in [-0.3, -0.25) is 4.90 Å². The molecule has 1 N–H and O–H groups in total. The zero-order chi connectivity index (χ0) is 24.7. The van der Waals surface area contributed by atoms with Crippen molar-refractivity contribution in [1.29, 1.82) is 0 Å². The number of nitrogens with zero attached hydrogens (tertiary/aromatic N) is 4. The molecule has 35 heavy (non-hydrogen) atoms. The second-order valence-electron chi connectivity index (χ2n) is 9.45. The molecule has 1 aliphatic heterocycles. The quantitative estimate of drug-likeness (QED) is 0.473. The van der Waals surface area contributed by atoms with Gasteiger partial charge in [0.1, 0.15) is 31.6 Å². The van der Waals surface area contributed by atoms with Gasteiger partial charge in [0.25, 0.3) is 0 Å². The van der Waals surface area contributed by atoms with Gasteiger partial charge < -0.3 is 23.9 Å². The first-order chi connectivity index (χ1) is 16.9. The average Bonchev–Trinajstić information content (AvgIpc) is 3.29. The molecule has 0 amide bonds. The molecule has 4 rings (SSSR count). The Bertz CT molecular complexity index is 1090. The van der Waals surface area contributed by atoms with Crippen molar-refractivity contribution in [1.82, 2.24) is 19.7 Å². The highest BCUT2D eigenvalue weighted by Crippen LogP contribution is 2.30. The largest absolute Gasteiger partial charge is 0.493 e. The Hall–Kier alpha value is -3.10. The number of hydrogen-bond acceptors (Lipinski definition) is 7. The molecular formula is C27H36N4O4. The van der Waals surface area contributed by atoms with Gasteiger partial charge in [0.15, 0.2) is 11.5 Å². The fraction of sp³-hybridized carbons (Fsp3) is 0.481. The summed E-state index contributed by atoms with van der Waals surface area (Å²) in [6.45, 7) is 8.15. The minimum absolute atomic E-state index is 0.319. The molecule has 188 valence electrons. The summed E-state index contributed by atoms with van der Waals surface area (Å²) in [7, 11) is 1.66. The van der Waals surface area contributed by atoms with Crippen molar-refractivity contribution < 1.29 is 19.3 Å². The third kappa shape index (κ3) is 6.96. The van der Waals surface area contributed by atoms with Crippen LogP contribution >= 0.6 is 0 Å². The molecule has 0 radical (unpaired) electrons. The molecule has 8 heteroatoms. The van der Waals surface area contributed by atoms with Crippen molar-refractivity contribution in [2.75, 3.05) is 33.4 Å². The molecule has 2 heterocycles. The highest BCUT2D eigenvalue weighted by atomic mass is 16.5. The van der Waals surface area contributed by atoms with Gasteiger partial charge in [-0.15, -0.1) is 10.2 Å². The number of likely N-dealkylation sites (tertiary alicyclic amines) is 1. The van der Waals surface area contributed by atoms with Crippen LogP contribution in [0.1, 0.15) is 36.0 Å². The van der Waals surface area contributed by atoms with E-state index < -0.39 is 5.60 Å². The van der Waals surface area contributed by atoms with Gasteiger partial charge in [0, 0.05) is 13.1 Å². The number of rotatable bonds is 10. The molecular weight excluding hydrogens is 444 g/mol. The predicted molar refractivity (Wildman–Crippen MR) is 134 cm³/mol. The Labute approximate surface area is 207 Å². The van der Waals surface area contributed by atoms with Crippen LogP contribution in [0.2, 0.25) is 0 Å². The minimum Gasteiger partial charge on any atom is -0.493 e. The van der Waals surface area contributed by atoms with Crippen molar-refractivity contribution >= 4 is 0 Å². The second-order valence-corrected chi connectivity index (χ2v) is 9.45. The fourth-order valence-electron chi connectivity index (χ4n) is 4.50. The molecule has 0 bridgehead atoms. The average molecular weight is 481 g/mol. The molecule has 1 aromatic heterocycles. The highest BCUT2D eigenvalue weighted by Gasteiger charge is 2.31. The summed E-state index contributed by atoms with van der Waals surface area (Å²) in [6, 6.07) is 12.2. The Morgan fingerprint density at radius 3 is 2.51 bits per heavy atom. The first-order valence-electron chi connectivity index (χ1n) is 12.2. The van der Waals surface area contributed by atoms with E-state index in [1.807, 2.05) is 35.8 Å². The summed E-state index contributed by atoms with van der Waals surface area (Å²) in [5.74, 6) is 2.29. The number of hydrogen-bond donors (Lipinski definition) is 1. The maximum Gasteiger partial charge on any atom is 0.161 e. The number of aryl methyl sites for hydroxylation is 2.